The molecule has 0 saturated carbocycles. The number of nitrogens with zero attached hydrogens (tertiary/aromatic N) is 6. The minimum atomic E-state index is -0.107. The van der Waals surface area contributed by atoms with Crippen LogP contribution >= 0.6 is 0 Å². The first-order valence-electron chi connectivity index (χ1n) is 9.22. The molecule has 8 nitrogen and oxygen atoms in total. The molecule has 1 aliphatic rings. The van der Waals surface area contributed by atoms with E-state index < -0.39 is 0 Å². The highest BCUT2D eigenvalue weighted by atomic mass is 16.1. The van der Waals surface area contributed by atoms with Gasteiger partial charge in [0.05, 0.1) is 6.42 Å². The highest BCUT2D eigenvalue weighted by molar-refractivity contribution is 5.91. The Balaban J connectivity index is 1.31. The molecule has 3 heterocycles. The minimum Gasteiger partial charge on any atom is -0.352 e. The van der Waals surface area contributed by atoms with Gasteiger partial charge in [0.2, 0.25) is 11.9 Å². The summed E-state index contributed by atoms with van der Waals surface area (Å²) in [5, 5.41) is 11.2. The molecule has 28 heavy (non-hydrogen) atoms. The lowest BCUT2D eigenvalue weighted by molar-refractivity contribution is -0.115. The molecular weight excluding hydrogens is 354 g/mol. The molecule has 1 N–H and O–H groups in total. The van der Waals surface area contributed by atoms with E-state index in [1.807, 2.05) is 42.5 Å². The van der Waals surface area contributed by atoms with Crippen LogP contribution in [0.2, 0.25) is 0 Å². The zero-order valence-electron chi connectivity index (χ0n) is 15.4. The van der Waals surface area contributed by atoms with Crippen LogP contribution in [0.4, 0.5) is 17.6 Å². The van der Waals surface area contributed by atoms with E-state index in [4.69, 9.17) is 0 Å². The number of anilines is 3. The van der Waals surface area contributed by atoms with Crippen molar-refractivity contribution >= 4 is 23.5 Å². The molecule has 0 aliphatic carbocycles. The van der Waals surface area contributed by atoms with Gasteiger partial charge in [-0.3, -0.25) is 4.79 Å². The number of hydrogen-bond acceptors (Lipinski definition) is 7. The second-order valence-corrected chi connectivity index (χ2v) is 6.51. The number of carbonyl (C=O) groups is 1. The van der Waals surface area contributed by atoms with Crippen LogP contribution in [0.1, 0.15) is 5.56 Å². The second-order valence-electron chi connectivity index (χ2n) is 6.51. The van der Waals surface area contributed by atoms with Gasteiger partial charge in [-0.15, -0.1) is 10.2 Å². The third-order valence-corrected chi connectivity index (χ3v) is 4.56. The monoisotopic (exact) mass is 375 g/mol. The summed E-state index contributed by atoms with van der Waals surface area (Å²) in [4.78, 5) is 25.1. The van der Waals surface area contributed by atoms with Crippen LogP contribution in [0.3, 0.4) is 0 Å². The molecule has 3 aromatic rings. The summed E-state index contributed by atoms with van der Waals surface area (Å²) in [6, 6.07) is 15.1. The van der Waals surface area contributed by atoms with Gasteiger partial charge < -0.3 is 15.1 Å². The summed E-state index contributed by atoms with van der Waals surface area (Å²) in [5.41, 5.74) is 0.963. The van der Waals surface area contributed by atoms with Gasteiger partial charge in [-0.25, -0.2) is 9.97 Å². The van der Waals surface area contributed by atoms with E-state index in [9.17, 15) is 4.79 Å². The number of amides is 1. The van der Waals surface area contributed by atoms with Gasteiger partial charge in [0, 0.05) is 38.6 Å². The Hall–Kier alpha value is -3.55. The highest BCUT2D eigenvalue weighted by Gasteiger charge is 2.20. The quantitative estimate of drug-likeness (QED) is 0.727. The standard InChI is InChI=1S/C20H21N7O/c28-19(15-16-5-2-1-3-6-16)23-17-7-8-18(25-24-17)26-11-13-27(14-12-26)20-21-9-4-10-22-20/h1-10H,11-15H2,(H,23,24,28). The first-order chi connectivity index (χ1) is 13.8. The van der Waals surface area contributed by atoms with Crippen LogP contribution in [-0.2, 0) is 11.2 Å². The Morgan fingerprint density at radius 2 is 1.57 bits per heavy atom. The average Bonchev–Trinajstić information content (AvgIpc) is 2.76. The van der Waals surface area contributed by atoms with E-state index in [0.29, 0.717) is 12.2 Å². The molecule has 2 aromatic heterocycles. The molecule has 142 valence electrons. The molecular formula is C20H21N7O. The van der Waals surface area contributed by atoms with Gasteiger partial charge in [-0.05, 0) is 23.8 Å². The van der Waals surface area contributed by atoms with Crippen LogP contribution < -0.4 is 15.1 Å². The maximum atomic E-state index is 12.1. The van der Waals surface area contributed by atoms with Crippen molar-refractivity contribution in [3.05, 3.63) is 66.5 Å². The van der Waals surface area contributed by atoms with E-state index in [-0.39, 0.29) is 5.91 Å². The fourth-order valence-electron chi connectivity index (χ4n) is 3.12. The molecule has 0 radical (unpaired) electrons. The van der Waals surface area contributed by atoms with Gasteiger partial charge in [0.15, 0.2) is 11.6 Å². The normalized spacial score (nSPS) is 14.0. The van der Waals surface area contributed by atoms with Crippen molar-refractivity contribution in [1.82, 2.24) is 20.2 Å². The van der Waals surface area contributed by atoms with Crippen molar-refractivity contribution in [1.29, 1.82) is 0 Å². The van der Waals surface area contributed by atoms with Crippen molar-refractivity contribution in [3.63, 3.8) is 0 Å². The van der Waals surface area contributed by atoms with Crippen LogP contribution in [0.15, 0.2) is 60.9 Å². The molecule has 1 fully saturated rings. The zero-order chi connectivity index (χ0) is 19.2. The second kappa shape index (κ2) is 8.43. The number of carbonyl (C=O) groups excluding carboxylic acids is 1. The fraction of sp³-hybridized carbons (Fsp3) is 0.250. The zero-order valence-corrected chi connectivity index (χ0v) is 15.4. The minimum absolute atomic E-state index is 0.107. The summed E-state index contributed by atoms with van der Waals surface area (Å²) >= 11 is 0. The maximum absolute atomic E-state index is 12.1. The first kappa shape index (κ1) is 17.8. The smallest absolute Gasteiger partial charge is 0.229 e. The number of hydrogen-bond donors (Lipinski definition) is 1. The predicted molar refractivity (Wildman–Crippen MR) is 107 cm³/mol. The van der Waals surface area contributed by atoms with Crippen LogP contribution in [-0.4, -0.2) is 52.3 Å². The largest absolute Gasteiger partial charge is 0.352 e. The molecule has 0 atom stereocenters. The third-order valence-electron chi connectivity index (χ3n) is 4.56. The molecule has 4 rings (SSSR count). The predicted octanol–water partition coefficient (Wildman–Crippen LogP) is 1.77. The Kier molecular flexibility index (Phi) is 5.37. The van der Waals surface area contributed by atoms with Crippen LogP contribution in [0, 0.1) is 0 Å². The molecule has 1 aromatic carbocycles. The van der Waals surface area contributed by atoms with Crippen molar-refractivity contribution in [3.8, 4) is 0 Å². The topological polar surface area (TPSA) is 87.1 Å². The number of piperazine rings is 1. The van der Waals surface area contributed by atoms with Gasteiger partial charge in [0.25, 0.3) is 0 Å². The molecule has 0 unspecified atom stereocenters. The van der Waals surface area contributed by atoms with E-state index in [2.05, 4.69) is 35.3 Å². The number of aromatic nitrogens is 4. The summed E-state index contributed by atoms with van der Waals surface area (Å²) in [7, 11) is 0. The summed E-state index contributed by atoms with van der Waals surface area (Å²) in [6.45, 7) is 3.27. The van der Waals surface area contributed by atoms with Crippen molar-refractivity contribution < 1.29 is 4.79 Å². The van der Waals surface area contributed by atoms with Gasteiger partial charge in [-0.1, -0.05) is 30.3 Å². The molecule has 8 heteroatoms. The van der Waals surface area contributed by atoms with E-state index in [1.54, 1.807) is 18.5 Å². The molecule has 0 spiro atoms. The fourth-order valence-corrected chi connectivity index (χ4v) is 3.12. The van der Waals surface area contributed by atoms with Crippen molar-refractivity contribution in [2.24, 2.45) is 0 Å². The highest BCUT2D eigenvalue weighted by Crippen LogP contribution is 2.16. The Bertz CT molecular complexity index is 895. The van der Waals surface area contributed by atoms with Gasteiger partial charge in [0.1, 0.15) is 0 Å². The van der Waals surface area contributed by atoms with Gasteiger partial charge in [-0.2, -0.15) is 0 Å². The van der Waals surface area contributed by atoms with Gasteiger partial charge >= 0.3 is 0 Å². The Morgan fingerprint density at radius 3 is 2.25 bits per heavy atom. The lowest BCUT2D eigenvalue weighted by atomic mass is 10.1. The number of rotatable bonds is 5. The van der Waals surface area contributed by atoms with Crippen LogP contribution in [0.5, 0.6) is 0 Å². The Morgan fingerprint density at radius 1 is 0.857 bits per heavy atom. The van der Waals surface area contributed by atoms with E-state index >= 15 is 0 Å². The van der Waals surface area contributed by atoms with E-state index in [0.717, 1.165) is 43.5 Å². The lowest BCUT2D eigenvalue weighted by Gasteiger charge is -2.35. The first-order valence-corrected chi connectivity index (χ1v) is 9.22. The Labute approximate surface area is 163 Å². The molecule has 0 bridgehead atoms. The third kappa shape index (κ3) is 4.40. The lowest BCUT2D eigenvalue weighted by Crippen LogP contribution is -2.47. The summed E-state index contributed by atoms with van der Waals surface area (Å²) in [5.74, 6) is 1.91. The van der Waals surface area contributed by atoms with Crippen molar-refractivity contribution in [2.45, 2.75) is 6.42 Å². The van der Waals surface area contributed by atoms with E-state index in [1.165, 1.54) is 0 Å². The molecule has 1 aliphatic heterocycles. The maximum Gasteiger partial charge on any atom is 0.229 e. The SMILES string of the molecule is O=C(Cc1ccccc1)Nc1ccc(N2CCN(c3ncccn3)CC2)nn1. The molecule has 1 amide bonds. The average molecular weight is 375 g/mol. The number of benzene rings is 1. The van der Waals surface area contributed by atoms with Crippen molar-refractivity contribution in [2.75, 3.05) is 41.3 Å². The van der Waals surface area contributed by atoms with Crippen LogP contribution in [0.25, 0.3) is 0 Å². The summed E-state index contributed by atoms with van der Waals surface area (Å²) in [6.07, 6.45) is 3.82. The summed E-state index contributed by atoms with van der Waals surface area (Å²) < 4.78 is 0. The molecule has 1 saturated heterocycles. The number of nitrogens with one attached hydrogen (secondary N) is 1.